The fourth-order valence-electron chi connectivity index (χ4n) is 2.93. The van der Waals surface area contributed by atoms with E-state index in [0.717, 1.165) is 16.7 Å². The Morgan fingerprint density at radius 3 is 1.48 bits per heavy atom. The molecule has 0 atom stereocenters. The van der Waals surface area contributed by atoms with Crippen LogP contribution in [0.1, 0.15) is 36.2 Å². The monoisotopic (exact) mass is 535 g/mol. The highest BCUT2D eigenvalue weighted by molar-refractivity contribution is 5.87. The molecule has 0 aliphatic rings. The number of nitrogens with zero attached hydrogens (tertiary/aromatic N) is 1. The van der Waals surface area contributed by atoms with Gasteiger partial charge in [-0.1, -0.05) is 30.9 Å². The third kappa shape index (κ3) is 10.2. The molecule has 0 saturated carbocycles. The number of carbonyl (C=O) groups is 2. The van der Waals surface area contributed by atoms with Gasteiger partial charge in [0, 0.05) is 34.0 Å². The van der Waals surface area contributed by atoms with Crippen LogP contribution in [0.25, 0.3) is 0 Å². The van der Waals surface area contributed by atoms with Gasteiger partial charge in [-0.2, -0.15) is 0 Å². The van der Waals surface area contributed by atoms with Crippen molar-refractivity contribution in [3.05, 3.63) is 114 Å². The van der Waals surface area contributed by atoms with Crippen LogP contribution in [0.5, 0.6) is 11.5 Å². The number of pyridine rings is 1. The maximum atomic E-state index is 11.3. The molecular weight excluding hydrogens is 506 g/mol. The van der Waals surface area contributed by atoms with Gasteiger partial charge in [-0.25, -0.2) is 14.6 Å². The van der Waals surface area contributed by atoms with Crippen molar-refractivity contribution in [3.8, 4) is 35.2 Å². The zero-order valence-corrected chi connectivity index (χ0v) is 22.5. The molecule has 0 aliphatic heterocycles. The molecule has 0 amide bonds. The summed E-state index contributed by atoms with van der Waals surface area (Å²) in [5.74, 6) is 12.7. The summed E-state index contributed by atoms with van der Waals surface area (Å²) in [6, 6.07) is 18.3. The second kappa shape index (κ2) is 15.2. The van der Waals surface area contributed by atoms with Crippen LogP contribution < -0.4 is 9.47 Å². The average Bonchev–Trinajstić information content (AvgIpc) is 2.96. The Hall–Kier alpha value is -5.27. The van der Waals surface area contributed by atoms with Gasteiger partial charge in [-0.05, 0) is 80.4 Å². The van der Waals surface area contributed by atoms with E-state index in [-0.39, 0.29) is 26.4 Å². The van der Waals surface area contributed by atoms with Gasteiger partial charge in [0.1, 0.15) is 43.6 Å². The molecule has 40 heavy (non-hydrogen) atoms. The third-order valence-electron chi connectivity index (χ3n) is 5.03. The molecule has 2 aromatic carbocycles. The van der Waals surface area contributed by atoms with Crippen LogP contribution in [0.3, 0.4) is 0 Å². The van der Waals surface area contributed by atoms with Crippen molar-refractivity contribution in [3.63, 3.8) is 0 Å². The first-order valence-electron chi connectivity index (χ1n) is 12.4. The van der Waals surface area contributed by atoms with Crippen LogP contribution in [0.2, 0.25) is 0 Å². The smallest absolute Gasteiger partial charge is 0.333 e. The minimum Gasteiger partial charge on any atom is -0.490 e. The third-order valence-corrected chi connectivity index (χ3v) is 5.03. The highest BCUT2D eigenvalue weighted by Crippen LogP contribution is 2.13. The molecule has 0 unspecified atom stereocenters. The Morgan fingerprint density at radius 2 is 1.05 bits per heavy atom. The molecule has 3 rings (SSSR count). The van der Waals surface area contributed by atoms with E-state index >= 15 is 0 Å². The van der Waals surface area contributed by atoms with Crippen LogP contribution >= 0.6 is 0 Å². The summed E-state index contributed by atoms with van der Waals surface area (Å²) in [4.78, 5) is 27.1. The fourth-order valence-corrected chi connectivity index (χ4v) is 2.93. The molecule has 7 nitrogen and oxygen atoms in total. The molecule has 0 fully saturated rings. The maximum absolute atomic E-state index is 11.3. The molecule has 1 aromatic heterocycles. The average molecular weight is 536 g/mol. The first-order chi connectivity index (χ1) is 19.3. The maximum Gasteiger partial charge on any atom is 0.333 e. The van der Waals surface area contributed by atoms with Gasteiger partial charge in [-0.3, -0.25) is 0 Å². The number of rotatable bonds is 10. The summed E-state index contributed by atoms with van der Waals surface area (Å²) in [5, 5.41) is 0. The lowest BCUT2D eigenvalue weighted by atomic mass is 10.2. The van der Waals surface area contributed by atoms with E-state index in [1.807, 2.05) is 48.5 Å². The van der Waals surface area contributed by atoms with E-state index < -0.39 is 11.9 Å². The van der Waals surface area contributed by atoms with Crippen molar-refractivity contribution in [1.29, 1.82) is 0 Å². The normalized spacial score (nSPS) is 9.65. The largest absolute Gasteiger partial charge is 0.490 e. The summed E-state index contributed by atoms with van der Waals surface area (Å²) in [7, 11) is 0. The Balaban J connectivity index is 1.45. The Labute approximate surface area is 234 Å². The fraction of sp³-hybridized carbons (Fsp3) is 0.182. The lowest BCUT2D eigenvalue weighted by molar-refractivity contribution is -0.140. The van der Waals surface area contributed by atoms with Crippen molar-refractivity contribution in [1.82, 2.24) is 4.98 Å². The lowest BCUT2D eigenvalue weighted by Crippen LogP contribution is -2.12. The van der Waals surface area contributed by atoms with Crippen molar-refractivity contribution in [2.45, 2.75) is 13.8 Å². The van der Waals surface area contributed by atoms with E-state index in [1.54, 1.807) is 32.2 Å². The molecule has 7 heteroatoms. The molecule has 0 radical (unpaired) electrons. The molecule has 0 spiro atoms. The SMILES string of the molecule is C=C(C)C(=O)OCCOc1ccc(C#Cc2ccc(C#Cc3ccc(OCCOC(=O)C(=C)C)cc3)nc2)cc1. The number of esters is 2. The molecule has 3 aromatic rings. The van der Waals surface area contributed by atoms with Crippen molar-refractivity contribution in [2.75, 3.05) is 26.4 Å². The summed E-state index contributed by atoms with van der Waals surface area (Å²) >= 11 is 0. The number of aromatic nitrogens is 1. The standard InChI is InChI=1S/C33H29NO6/c1-24(2)32(35)39-21-19-37-30-15-9-26(10-16-30)5-6-28-8-14-29(34-23-28)13-7-27-11-17-31(18-12-27)38-20-22-40-33(36)25(3)4/h8-12,14-18,23H,1,3,19-22H2,2,4H3. The van der Waals surface area contributed by atoms with Crippen molar-refractivity contribution < 1.29 is 28.5 Å². The Kier molecular flexibility index (Phi) is 11.1. The lowest BCUT2D eigenvalue weighted by Gasteiger charge is -2.07. The minimum atomic E-state index is -0.432. The molecule has 0 aliphatic carbocycles. The van der Waals surface area contributed by atoms with E-state index in [0.29, 0.717) is 28.3 Å². The van der Waals surface area contributed by atoms with Gasteiger partial charge >= 0.3 is 11.9 Å². The zero-order chi connectivity index (χ0) is 28.7. The van der Waals surface area contributed by atoms with Crippen LogP contribution in [0.15, 0.2) is 91.2 Å². The molecular formula is C33H29NO6. The van der Waals surface area contributed by atoms with Gasteiger partial charge in [0.2, 0.25) is 0 Å². The van der Waals surface area contributed by atoms with Gasteiger partial charge in [0.05, 0.1) is 0 Å². The number of carbonyl (C=O) groups excluding carboxylic acids is 2. The number of hydrogen-bond acceptors (Lipinski definition) is 7. The van der Waals surface area contributed by atoms with Gasteiger partial charge in [0.25, 0.3) is 0 Å². The van der Waals surface area contributed by atoms with Crippen molar-refractivity contribution >= 4 is 11.9 Å². The minimum absolute atomic E-state index is 0.151. The molecule has 0 N–H and O–H groups in total. The van der Waals surface area contributed by atoms with E-state index in [4.69, 9.17) is 18.9 Å². The summed E-state index contributed by atoms with van der Waals surface area (Å²) in [6.45, 7) is 11.1. The second-order valence-corrected chi connectivity index (χ2v) is 8.51. The van der Waals surface area contributed by atoms with E-state index in [2.05, 4.69) is 41.8 Å². The van der Waals surface area contributed by atoms with Gasteiger partial charge in [-0.15, -0.1) is 0 Å². The number of hydrogen-bond donors (Lipinski definition) is 0. The predicted molar refractivity (Wildman–Crippen MR) is 152 cm³/mol. The predicted octanol–water partition coefficient (Wildman–Crippen LogP) is 4.88. The number of benzene rings is 2. The first-order valence-corrected chi connectivity index (χ1v) is 12.4. The molecule has 202 valence electrons. The summed E-state index contributed by atoms with van der Waals surface area (Å²) < 4.78 is 21.1. The zero-order valence-electron chi connectivity index (χ0n) is 22.5. The molecule has 1 heterocycles. The Morgan fingerprint density at radius 1 is 0.625 bits per heavy atom. The van der Waals surface area contributed by atoms with Crippen LogP contribution in [0.4, 0.5) is 0 Å². The number of ether oxygens (including phenoxy) is 4. The van der Waals surface area contributed by atoms with Crippen LogP contribution in [0, 0.1) is 23.7 Å². The second-order valence-electron chi connectivity index (χ2n) is 8.51. The highest BCUT2D eigenvalue weighted by atomic mass is 16.6. The topological polar surface area (TPSA) is 84.0 Å². The first kappa shape index (κ1) is 29.3. The van der Waals surface area contributed by atoms with Crippen molar-refractivity contribution in [2.24, 2.45) is 0 Å². The van der Waals surface area contributed by atoms with E-state index in [9.17, 15) is 9.59 Å². The van der Waals surface area contributed by atoms with Crippen LogP contribution in [-0.4, -0.2) is 43.4 Å². The Bertz CT molecular complexity index is 1350. The van der Waals surface area contributed by atoms with Crippen LogP contribution in [-0.2, 0) is 19.1 Å². The molecule has 0 saturated heterocycles. The summed E-state index contributed by atoms with van der Waals surface area (Å²) in [5.41, 5.74) is 3.74. The highest BCUT2D eigenvalue weighted by Gasteiger charge is 2.03. The summed E-state index contributed by atoms with van der Waals surface area (Å²) in [6.07, 6.45) is 1.68. The van der Waals surface area contributed by atoms with Gasteiger partial charge < -0.3 is 18.9 Å². The van der Waals surface area contributed by atoms with E-state index in [1.165, 1.54) is 0 Å². The van der Waals surface area contributed by atoms with Gasteiger partial charge in [0.15, 0.2) is 0 Å². The molecule has 0 bridgehead atoms. The quantitative estimate of drug-likeness (QED) is 0.158.